The molecule has 2 aromatic heterocycles. The van der Waals surface area contributed by atoms with Crippen LogP contribution in [-0.4, -0.2) is 48.1 Å². The van der Waals surface area contributed by atoms with Gasteiger partial charge in [-0.2, -0.15) is 0 Å². The molecular weight excluding hydrogens is 336 g/mol. The molecule has 0 aliphatic carbocycles. The average Bonchev–Trinajstić information content (AvgIpc) is 3.14. The zero-order valence-electron chi connectivity index (χ0n) is 12.7. The maximum absolute atomic E-state index is 12.5. The van der Waals surface area contributed by atoms with Crippen molar-refractivity contribution in [2.24, 2.45) is 0 Å². The minimum atomic E-state index is -3.27. The fourth-order valence-corrected chi connectivity index (χ4v) is 3.85. The van der Waals surface area contributed by atoms with E-state index in [1.54, 1.807) is 28.8 Å². The van der Waals surface area contributed by atoms with Crippen molar-refractivity contribution in [3.8, 4) is 0 Å². The number of amides is 1. The van der Waals surface area contributed by atoms with Crippen LogP contribution in [-0.2, 0) is 27.8 Å². The topological polar surface area (TPSA) is 84.3 Å². The van der Waals surface area contributed by atoms with Gasteiger partial charge in [0, 0.05) is 24.2 Å². The number of carbonyl (C=O) groups is 1. The molecule has 7 nitrogen and oxygen atoms in total. The van der Waals surface area contributed by atoms with Crippen LogP contribution in [0.2, 0.25) is 0 Å². The van der Waals surface area contributed by atoms with Crippen LogP contribution in [0.25, 0.3) is 0 Å². The Labute approximate surface area is 139 Å². The van der Waals surface area contributed by atoms with Crippen LogP contribution in [0, 0.1) is 0 Å². The lowest BCUT2D eigenvalue weighted by molar-refractivity contribution is -0.132. The summed E-state index contributed by atoms with van der Waals surface area (Å²) in [6, 6.07) is 3.72. The molecule has 124 valence electrons. The molecule has 3 heterocycles. The van der Waals surface area contributed by atoms with Gasteiger partial charge in [0.25, 0.3) is 0 Å². The monoisotopic (exact) mass is 354 g/mol. The Balaban J connectivity index is 1.73. The molecule has 0 radical (unpaired) electrons. The molecule has 2 aromatic rings. The summed E-state index contributed by atoms with van der Waals surface area (Å²) in [5.41, 5.74) is 0.913. The number of thiophene rings is 1. The van der Waals surface area contributed by atoms with Crippen molar-refractivity contribution in [2.45, 2.75) is 19.0 Å². The largest absolute Gasteiger partial charge is 0.334 e. The Bertz CT molecular complexity index is 783. The maximum atomic E-state index is 12.5. The fraction of sp³-hybridized carbons (Fsp3) is 0.429. The zero-order valence-corrected chi connectivity index (χ0v) is 14.3. The Morgan fingerprint density at radius 1 is 1.52 bits per heavy atom. The Hall–Kier alpha value is -1.71. The highest BCUT2D eigenvalue weighted by Gasteiger charge is 2.28. The lowest BCUT2D eigenvalue weighted by Crippen LogP contribution is -2.45. The molecule has 3 rings (SSSR count). The quantitative estimate of drug-likeness (QED) is 0.853. The molecule has 0 bridgehead atoms. The van der Waals surface area contributed by atoms with Gasteiger partial charge in [0.05, 0.1) is 37.3 Å². The molecule has 0 aromatic carbocycles. The van der Waals surface area contributed by atoms with Gasteiger partial charge in [-0.25, -0.2) is 18.1 Å². The molecule has 1 amide bonds. The first-order valence-corrected chi connectivity index (χ1v) is 9.95. The number of hydrogen-bond acceptors (Lipinski definition) is 5. The second kappa shape index (κ2) is 6.42. The van der Waals surface area contributed by atoms with Crippen molar-refractivity contribution < 1.29 is 13.2 Å². The Kier molecular flexibility index (Phi) is 4.51. The second-order valence-electron chi connectivity index (χ2n) is 5.60. The summed E-state index contributed by atoms with van der Waals surface area (Å²) in [5.74, 6) is 0.0456. The van der Waals surface area contributed by atoms with Crippen LogP contribution in [0.3, 0.4) is 0 Å². The average molecular weight is 354 g/mol. The third-order valence-electron chi connectivity index (χ3n) is 3.76. The lowest BCUT2D eigenvalue weighted by atomic mass is 10.1. The van der Waals surface area contributed by atoms with Crippen LogP contribution in [0.1, 0.15) is 16.6 Å². The molecule has 0 unspecified atom stereocenters. The molecule has 0 saturated carbocycles. The lowest BCUT2D eigenvalue weighted by Gasteiger charge is -2.34. The summed E-state index contributed by atoms with van der Waals surface area (Å²) < 4.78 is 27.1. The van der Waals surface area contributed by atoms with Crippen molar-refractivity contribution >= 4 is 27.3 Å². The maximum Gasteiger partial charge on any atom is 0.228 e. The van der Waals surface area contributed by atoms with Gasteiger partial charge in [0.1, 0.15) is 0 Å². The van der Waals surface area contributed by atoms with E-state index in [2.05, 4.69) is 9.71 Å². The first-order chi connectivity index (χ1) is 10.9. The van der Waals surface area contributed by atoms with E-state index in [-0.39, 0.29) is 18.5 Å². The normalized spacial score (nSPS) is 18.0. The van der Waals surface area contributed by atoms with Gasteiger partial charge in [-0.15, -0.1) is 11.3 Å². The predicted molar refractivity (Wildman–Crippen MR) is 87.6 cm³/mol. The number of nitrogens with zero attached hydrogens (tertiary/aromatic N) is 3. The smallest absolute Gasteiger partial charge is 0.228 e. The molecule has 9 heteroatoms. The van der Waals surface area contributed by atoms with Crippen LogP contribution >= 0.6 is 11.3 Å². The minimum Gasteiger partial charge on any atom is -0.334 e. The number of nitrogens with one attached hydrogen (secondary N) is 1. The summed E-state index contributed by atoms with van der Waals surface area (Å²) in [4.78, 5) is 19.4. The highest BCUT2D eigenvalue weighted by Crippen LogP contribution is 2.22. The van der Waals surface area contributed by atoms with Crippen molar-refractivity contribution in [3.63, 3.8) is 0 Å². The van der Waals surface area contributed by atoms with Gasteiger partial charge >= 0.3 is 0 Å². The van der Waals surface area contributed by atoms with Crippen LogP contribution in [0.5, 0.6) is 0 Å². The number of carbonyl (C=O) groups excluding carboxylic acids is 1. The fourth-order valence-electron chi connectivity index (χ4n) is 2.66. The van der Waals surface area contributed by atoms with Gasteiger partial charge in [-0.3, -0.25) is 4.79 Å². The zero-order chi connectivity index (χ0) is 16.4. The van der Waals surface area contributed by atoms with Crippen LogP contribution in [0.4, 0.5) is 0 Å². The van der Waals surface area contributed by atoms with E-state index in [1.807, 2.05) is 22.1 Å². The molecule has 0 spiro atoms. The molecule has 1 aliphatic rings. The Morgan fingerprint density at radius 3 is 3.04 bits per heavy atom. The van der Waals surface area contributed by atoms with Crippen molar-refractivity contribution in [1.29, 1.82) is 0 Å². The van der Waals surface area contributed by atoms with Crippen molar-refractivity contribution in [1.82, 2.24) is 19.2 Å². The van der Waals surface area contributed by atoms with Gasteiger partial charge in [0.15, 0.2) is 0 Å². The van der Waals surface area contributed by atoms with Crippen LogP contribution < -0.4 is 4.72 Å². The van der Waals surface area contributed by atoms with Gasteiger partial charge in [-0.1, -0.05) is 6.07 Å². The third-order valence-corrected chi connectivity index (χ3v) is 5.33. The molecule has 1 atom stereocenters. The molecule has 1 N–H and O–H groups in total. The number of imidazole rings is 1. The highest BCUT2D eigenvalue weighted by molar-refractivity contribution is 7.88. The van der Waals surface area contributed by atoms with Gasteiger partial charge < -0.3 is 9.47 Å². The van der Waals surface area contributed by atoms with Gasteiger partial charge in [-0.05, 0) is 11.4 Å². The number of hydrogen-bond donors (Lipinski definition) is 1. The number of rotatable bonds is 5. The summed E-state index contributed by atoms with van der Waals surface area (Å²) in [5, 5.41) is 1.95. The van der Waals surface area contributed by atoms with Crippen molar-refractivity contribution in [3.05, 3.63) is 40.6 Å². The molecular formula is C14H18N4O3S2. The summed E-state index contributed by atoms with van der Waals surface area (Å²) in [6.07, 6.45) is 4.91. The molecule has 0 fully saturated rings. The summed E-state index contributed by atoms with van der Waals surface area (Å²) in [7, 11) is -3.27. The number of fused-ring (bicyclic) bond motifs is 1. The highest BCUT2D eigenvalue weighted by atomic mass is 32.2. The number of sulfonamides is 1. The van der Waals surface area contributed by atoms with E-state index in [4.69, 9.17) is 0 Å². The van der Waals surface area contributed by atoms with Crippen molar-refractivity contribution in [2.75, 3.05) is 19.3 Å². The van der Waals surface area contributed by atoms with E-state index in [1.165, 1.54) is 0 Å². The summed E-state index contributed by atoms with van der Waals surface area (Å²) in [6.45, 7) is 1.21. The second-order valence-corrected chi connectivity index (χ2v) is 8.46. The third kappa shape index (κ3) is 3.98. The first kappa shape index (κ1) is 16.2. The SMILES string of the molecule is CS(=O)(=O)NC[C@@H]1CN(C(=O)Cc2cccs2)Cc2cncn21. The van der Waals surface area contributed by atoms with E-state index in [0.29, 0.717) is 19.5 Å². The van der Waals surface area contributed by atoms with E-state index in [0.717, 1.165) is 16.8 Å². The van der Waals surface area contributed by atoms with E-state index in [9.17, 15) is 13.2 Å². The number of aromatic nitrogens is 2. The molecule has 23 heavy (non-hydrogen) atoms. The molecule has 0 saturated heterocycles. The van der Waals surface area contributed by atoms with E-state index < -0.39 is 10.0 Å². The van der Waals surface area contributed by atoms with E-state index >= 15 is 0 Å². The minimum absolute atomic E-state index is 0.0456. The first-order valence-electron chi connectivity index (χ1n) is 7.18. The Morgan fingerprint density at radius 2 is 2.35 bits per heavy atom. The standard InChI is InChI=1S/C14H18N4O3S2/c1-23(20,21)16-7-12-9-17(8-11-6-15-10-18(11)12)14(19)5-13-3-2-4-22-13/h2-4,6,10,12,16H,5,7-9H2,1H3/t12-/m1/s1. The predicted octanol–water partition coefficient (Wildman–Crippen LogP) is 0.620. The summed E-state index contributed by atoms with van der Waals surface area (Å²) >= 11 is 1.56. The van der Waals surface area contributed by atoms with Gasteiger partial charge in [0.2, 0.25) is 15.9 Å². The molecule has 1 aliphatic heterocycles. The van der Waals surface area contributed by atoms with Crippen LogP contribution in [0.15, 0.2) is 30.0 Å².